The normalized spacial score (nSPS) is 16.0. The van der Waals surface area contributed by atoms with Gasteiger partial charge in [-0.1, -0.05) is 36.9 Å². The Morgan fingerprint density at radius 2 is 1.82 bits per heavy atom. The van der Waals surface area contributed by atoms with E-state index < -0.39 is 0 Å². The Labute approximate surface area is 169 Å². The molecule has 2 aromatic carbocycles. The second-order valence-corrected chi connectivity index (χ2v) is 7.75. The molecule has 0 amide bonds. The number of rotatable bonds is 5. The van der Waals surface area contributed by atoms with Gasteiger partial charge >= 0.3 is 0 Å². The molecular weight excluding hydrogens is 374 g/mol. The third-order valence-corrected chi connectivity index (χ3v) is 5.89. The van der Waals surface area contributed by atoms with Crippen molar-refractivity contribution in [2.45, 2.75) is 44.6 Å². The van der Waals surface area contributed by atoms with Crippen molar-refractivity contribution in [2.24, 2.45) is 0 Å². The maximum absolute atomic E-state index is 6.35. The summed E-state index contributed by atoms with van der Waals surface area (Å²) < 4.78 is 7.09. The quantitative estimate of drug-likeness (QED) is 0.663. The van der Waals surface area contributed by atoms with Gasteiger partial charge in [0.1, 0.15) is 5.75 Å². The lowest BCUT2D eigenvalue weighted by Crippen LogP contribution is -2.40. The van der Waals surface area contributed by atoms with Gasteiger partial charge in [-0.05, 0) is 72.2 Å². The monoisotopic (exact) mass is 397 g/mol. The van der Waals surface area contributed by atoms with Crippen molar-refractivity contribution in [3.05, 3.63) is 58.9 Å². The average molecular weight is 398 g/mol. The molecule has 146 valence electrons. The van der Waals surface area contributed by atoms with Gasteiger partial charge in [0.25, 0.3) is 0 Å². The van der Waals surface area contributed by atoms with Crippen LogP contribution in [0.25, 0.3) is 5.69 Å². The van der Waals surface area contributed by atoms with Gasteiger partial charge in [0.2, 0.25) is 0 Å². The first-order chi connectivity index (χ1) is 13.6. The van der Waals surface area contributed by atoms with Gasteiger partial charge in [-0.25, -0.2) is 0 Å². The van der Waals surface area contributed by atoms with E-state index in [-0.39, 0.29) is 5.54 Å². The molecule has 1 aliphatic carbocycles. The molecule has 1 aromatic heterocycles. The van der Waals surface area contributed by atoms with Crippen molar-refractivity contribution >= 4 is 17.3 Å². The zero-order valence-electron chi connectivity index (χ0n) is 16.2. The SMILES string of the molecule is COc1ccc(NC2(c3nnnn3-c3ccc(C)c(Cl)c3)CCCCC2)cc1. The first-order valence-electron chi connectivity index (χ1n) is 9.59. The molecule has 0 bridgehead atoms. The minimum atomic E-state index is -0.326. The van der Waals surface area contributed by atoms with E-state index in [1.165, 1.54) is 6.42 Å². The van der Waals surface area contributed by atoms with Gasteiger partial charge in [0.05, 0.1) is 18.3 Å². The van der Waals surface area contributed by atoms with Gasteiger partial charge in [-0.3, -0.25) is 0 Å². The number of methoxy groups -OCH3 is 1. The highest BCUT2D eigenvalue weighted by Gasteiger charge is 2.39. The standard InChI is InChI=1S/C21H24ClN5O/c1-15-6-9-17(14-19(15)22)27-20(24-25-26-27)21(12-4-3-5-13-21)23-16-7-10-18(28-2)11-8-16/h6-11,14,23H,3-5,12-13H2,1-2H3. The summed E-state index contributed by atoms with van der Waals surface area (Å²) in [5, 5.41) is 17.2. The highest BCUT2D eigenvalue weighted by molar-refractivity contribution is 6.31. The van der Waals surface area contributed by atoms with Crippen LogP contribution in [0.3, 0.4) is 0 Å². The molecule has 3 aromatic rings. The van der Waals surface area contributed by atoms with Crippen LogP contribution in [0.15, 0.2) is 42.5 Å². The third-order valence-electron chi connectivity index (χ3n) is 5.48. The molecule has 28 heavy (non-hydrogen) atoms. The topological polar surface area (TPSA) is 64.9 Å². The van der Waals surface area contributed by atoms with Crippen LogP contribution in [-0.4, -0.2) is 27.3 Å². The Morgan fingerprint density at radius 1 is 1.07 bits per heavy atom. The number of anilines is 1. The Hall–Kier alpha value is -2.60. The molecule has 0 atom stereocenters. The van der Waals surface area contributed by atoms with Crippen molar-refractivity contribution in [3.8, 4) is 11.4 Å². The lowest BCUT2D eigenvalue weighted by atomic mass is 9.80. The molecule has 7 heteroatoms. The predicted molar refractivity (Wildman–Crippen MR) is 110 cm³/mol. The minimum absolute atomic E-state index is 0.326. The number of halogens is 1. The highest BCUT2D eigenvalue weighted by Crippen LogP contribution is 2.40. The fourth-order valence-electron chi connectivity index (χ4n) is 3.88. The van der Waals surface area contributed by atoms with E-state index in [1.807, 2.05) is 54.1 Å². The van der Waals surface area contributed by atoms with Crippen molar-refractivity contribution in [3.63, 3.8) is 0 Å². The smallest absolute Gasteiger partial charge is 0.181 e. The van der Waals surface area contributed by atoms with Gasteiger partial charge in [-0.15, -0.1) is 5.10 Å². The summed E-state index contributed by atoms with van der Waals surface area (Å²) in [5.41, 5.74) is 2.60. The number of tetrazole rings is 1. The number of aromatic nitrogens is 4. The summed E-state index contributed by atoms with van der Waals surface area (Å²) in [5.74, 6) is 1.66. The molecule has 0 radical (unpaired) electrons. The lowest BCUT2D eigenvalue weighted by molar-refractivity contribution is 0.309. The summed E-state index contributed by atoms with van der Waals surface area (Å²) in [6.07, 6.45) is 5.43. The molecule has 1 N–H and O–H groups in total. The van der Waals surface area contributed by atoms with Crippen LogP contribution < -0.4 is 10.1 Å². The van der Waals surface area contributed by atoms with E-state index in [9.17, 15) is 0 Å². The Bertz CT molecular complexity index is 948. The maximum atomic E-state index is 6.35. The van der Waals surface area contributed by atoms with Crippen LogP contribution in [0, 0.1) is 6.92 Å². The van der Waals surface area contributed by atoms with Crippen molar-refractivity contribution < 1.29 is 4.74 Å². The molecular formula is C21H24ClN5O. The van der Waals surface area contributed by atoms with Crippen LogP contribution in [-0.2, 0) is 5.54 Å². The molecule has 1 aliphatic rings. The number of benzene rings is 2. The number of nitrogens with zero attached hydrogens (tertiary/aromatic N) is 4. The lowest BCUT2D eigenvalue weighted by Gasteiger charge is -2.37. The summed E-state index contributed by atoms with van der Waals surface area (Å²) in [7, 11) is 1.67. The van der Waals surface area contributed by atoms with Crippen molar-refractivity contribution in [2.75, 3.05) is 12.4 Å². The first-order valence-corrected chi connectivity index (χ1v) is 9.97. The Morgan fingerprint density at radius 3 is 2.50 bits per heavy atom. The van der Waals surface area contributed by atoms with Crippen LogP contribution in [0.4, 0.5) is 5.69 Å². The van der Waals surface area contributed by atoms with Crippen LogP contribution in [0.1, 0.15) is 43.5 Å². The van der Waals surface area contributed by atoms with Gasteiger partial charge in [0.15, 0.2) is 5.82 Å². The van der Waals surface area contributed by atoms with E-state index in [2.05, 4.69) is 20.8 Å². The highest BCUT2D eigenvalue weighted by atomic mass is 35.5. The summed E-state index contributed by atoms with van der Waals surface area (Å²) >= 11 is 6.35. The maximum Gasteiger partial charge on any atom is 0.181 e. The Kier molecular flexibility index (Phi) is 5.22. The van der Waals surface area contributed by atoms with Crippen molar-refractivity contribution in [1.29, 1.82) is 0 Å². The molecule has 6 nitrogen and oxygen atoms in total. The van der Waals surface area contributed by atoms with Crippen LogP contribution >= 0.6 is 11.6 Å². The number of nitrogens with one attached hydrogen (secondary N) is 1. The zero-order valence-corrected chi connectivity index (χ0v) is 16.9. The fourth-order valence-corrected chi connectivity index (χ4v) is 4.06. The van der Waals surface area contributed by atoms with E-state index in [1.54, 1.807) is 7.11 Å². The molecule has 0 saturated heterocycles. The molecule has 1 heterocycles. The van der Waals surface area contributed by atoms with Gasteiger partial charge < -0.3 is 10.1 Å². The Balaban J connectivity index is 1.74. The molecule has 0 spiro atoms. The molecule has 0 unspecified atom stereocenters. The van der Waals surface area contributed by atoms with Crippen molar-refractivity contribution in [1.82, 2.24) is 20.2 Å². The van der Waals surface area contributed by atoms with Crippen LogP contribution in [0.5, 0.6) is 5.75 Å². The van der Waals surface area contributed by atoms with Gasteiger partial charge in [0, 0.05) is 10.7 Å². The van der Waals surface area contributed by atoms with E-state index in [4.69, 9.17) is 16.3 Å². The number of aryl methyl sites for hydroxylation is 1. The third kappa shape index (κ3) is 3.56. The average Bonchev–Trinajstić information content (AvgIpc) is 3.22. The predicted octanol–water partition coefficient (Wildman–Crippen LogP) is 4.90. The molecule has 4 rings (SSSR count). The second kappa shape index (κ2) is 7.80. The van der Waals surface area contributed by atoms with E-state index in [0.29, 0.717) is 5.02 Å². The number of hydrogen-bond donors (Lipinski definition) is 1. The molecule has 1 saturated carbocycles. The first kappa shape index (κ1) is 18.7. The number of hydrogen-bond acceptors (Lipinski definition) is 5. The van der Waals surface area contributed by atoms with Crippen LogP contribution in [0.2, 0.25) is 5.02 Å². The fraction of sp³-hybridized carbons (Fsp3) is 0.381. The minimum Gasteiger partial charge on any atom is -0.497 e. The van der Waals surface area contributed by atoms with Gasteiger partial charge in [-0.2, -0.15) is 4.68 Å². The molecule has 0 aliphatic heterocycles. The summed E-state index contributed by atoms with van der Waals surface area (Å²) in [6.45, 7) is 1.99. The van der Waals surface area contributed by atoms with E-state index >= 15 is 0 Å². The molecule has 1 fully saturated rings. The summed E-state index contributed by atoms with van der Waals surface area (Å²) in [4.78, 5) is 0. The number of ether oxygens (including phenoxy) is 1. The zero-order chi connectivity index (χ0) is 19.6. The van der Waals surface area contributed by atoms with E-state index in [0.717, 1.165) is 54.2 Å². The summed E-state index contributed by atoms with van der Waals surface area (Å²) in [6, 6.07) is 13.9. The second-order valence-electron chi connectivity index (χ2n) is 7.34. The largest absolute Gasteiger partial charge is 0.497 e.